The van der Waals surface area contributed by atoms with E-state index in [0.717, 1.165) is 25.7 Å². The first-order valence-electron chi connectivity index (χ1n) is 7.81. The van der Waals surface area contributed by atoms with Crippen LogP contribution in [-0.2, 0) is 11.8 Å². The van der Waals surface area contributed by atoms with Gasteiger partial charge in [0, 0.05) is 10.8 Å². The number of aromatic hydroxyl groups is 1. The number of aliphatic hydroxyl groups is 1. The molecule has 2 N–H and O–H groups in total. The molecule has 3 heteroatoms. The van der Waals surface area contributed by atoms with Crippen LogP contribution in [0.25, 0.3) is 0 Å². The number of phenolic OH excluding ortho intramolecular Hbond substituents is 1. The van der Waals surface area contributed by atoms with Gasteiger partial charge in [-0.2, -0.15) is 0 Å². The van der Waals surface area contributed by atoms with Gasteiger partial charge in [-0.1, -0.05) is 18.1 Å². The van der Waals surface area contributed by atoms with Gasteiger partial charge in [-0.3, -0.25) is 0 Å². The highest BCUT2D eigenvalue weighted by Gasteiger charge is 2.50. The monoisotopic (exact) mass is 316 g/mol. The molecule has 0 aromatic heterocycles. The molecule has 1 aromatic carbocycles. The maximum Gasteiger partial charge on any atom is 0.127 e. The molecule has 0 bridgehead atoms. The van der Waals surface area contributed by atoms with Crippen LogP contribution in [-0.4, -0.2) is 15.8 Å². The van der Waals surface area contributed by atoms with Gasteiger partial charge in [-0.15, -0.1) is 6.58 Å². The molecule has 0 amide bonds. The van der Waals surface area contributed by atoms with Crippen molar-refractivity contribution in [3.8, 4) is 17.0 Å². The van der Waals surface area contributed by atoms with Crippen LogP contribution in [0, 0.1) is 17.2 Å². The molecule has 2 aliphatic rings. The first-order valence-corrected chi connectivity index (χ1v) is 8.19. The summed E-state index contributed by atoms with van der Waals surface area (Å²) in [5, 5.41) is 22.8. The van der Waals surface area contributed by atoms with Crippen LogP contribution in [0.15, 0.2) is 30.9 Å². The van der Waals surface area contributed by atoms with Crippen LogP contribution < -0.4 is 0 Å². The third kappa shape index (κ3) is 2.43. The Morgan fingerprint density at radius 3 is 2.95 bits per heavy atom. The minimum atomic E-state index is -0.967. The summed E-state index contributed by atoms with van der Waals surface area (Å²) in [7, 11) is 0. The number of phenols is 1. The SMILES string of the molecule is C=CC[C@@]12CC[C@@](O)(C#CCl)C[C@H]1CCc1cc(O)ccc12. The molecule has 0 radical (unpaired) electrons. The number of aryl methyl sites for hydroxylation is 1. The highest BCUT2D eigenvalue weighted by atomic mass is 35.5. The Labute approximate surface area is 136 Å². The van der Waals surface area contributed by atoms with Gasteiger partial charge in [0.05, 0.1) is 0 Å². The fraction of sp³-hybridized carbons (Fsp3) is 0.474. The van der Waals surface area contributed by atoms with Gasteiger partial charge in [0.25, 0.3) is 0 Å². The van der Waals surface area contributed by atoms with Crippen molar-refractivity contribution in [3.05, 3.63) is 42.0 Å². The zero-order chi connectivity index (χ0) is 15.8. The summed E-state index contributed by atoms with van der Waals surface area (Å²) in [6, 6.07) is 5.71. The van der Waals surface area contributed by atoms with E-state index in [-0.39, 0.29) is 5.41 Å². The Kier molecular flexibility index (Phi) is 3.97. The van der Waals surface area contributed by atoms with Gasteiger partial charge < -0.3 is 10.2 Å². The average Bonchev–Trinajstić information content (AvgIpc) is 2.48. The number of halogens is 1. The van der Waals surface area contributed by atoms with Crippen molar-refractivity contribution in [1.29, 1.82) is 0 Å². The highest BCUT2D eigenvalue weighted by Crippen LogP contribution is 2.54. The first kappa shape index (κ1) is 15.5. The predicted octanol–water partition coefficient (Wildman–Crippen LogP) is 3.88. The topological polar surface area (TPSA) is 40.5 Å². The number of allylic oxidation sites excluding steroid dienone is 1. The molecule has 0 heterocycles. The molecule has 1 fully saturated rings. The molecule has 3 atom stereocenters. The normalized spacial score (nSPS) is 33.1. The predicted molar refractivity (Wildman–Crippen MR) is 88.8 cm³/mol. The number of rotatable bonds is 2. The molecule has 1 aromatic rings. The Morgan fingerprint density at radius 2 is 2.23 bits per heavy atom. The van der Waals surface area contributed by atoms with Crippen molar-refractivity contribution in [1.82, 2.24) is 0 Å². The zero-order valence-electron chi connectivity index (χ0n) is 12.6. The second-order valence-electron chi connectivity index (χ2n) is 6.68. The molecule has 0 spiro atoms. The van der Waals surface area contributed by atoms with E-state index < -0.39 is 5.60 Å². The summed E-state index contributed by atoms with van der Waals surface area (Å²) in [5.41, 5.74) is 1.57. The summed E-state index contributed by atoms with van der Waals surface area (Å²) in [4.78, 5) is 0. The van der Waals surface area contributed by atoms with Gasteiger partial charge in [0.1, 0.15) is 11.4 Å². The smallest absolute Gasteiger partial charge is 0.127 e. The second-order valence-corrected chi connectivity index (χ2v) is 6.87. The Balaban J connectivity index is 2.04. The lowest BCUT2D eigenvalue weighted by Crippen LogP contribution is -2.49. The lowest BCUT2D eigenvalue weighted by molar-refractivity contribution is -0.00713. The number of benzene rings is 1. The van der Waals surface area contributed by atoms with Crippen molar-refractivity contribution in [2.24, 2.45) is 5.92 Å². The Bertz CT molecular complexity index is 657. The number of hydrogen-bond acceptors (Lipinski definition) is 2. The van der Waals surface area contributed by atoms with Crippen LogP contribution >= 0.6 is 11.6 Å². The van der Waals surface area contributed by atoms with Crippen molar-refractivity contribution in [3.63, 3.8) is 0 Å². The highest BCUT2D eigenvalue weighted by molar-refractivity contribution is 6.30. The van der Waals surface area contributed by atoms with E-state index in [2.05, 4.69) is 23.9 Å². The van der Waals surface area contributed by atoms with E-state index in [1.54, 1.807) is 6.07 Å². The largest absolute Gasteiger partial charge is 0.508 e. The Hall–Kier alpha value is -1.43. The van der Waals surface area contributed by atoms with Crippen LogP contribution in [0.2, 0.25) is 0 Å². The summed E-state index contributed by atoms with van der Waals surface area (Å²) in [6.07, 6.45) is 6.93. The maximum absolute atomic E-state index is 10.7. The average molecular weight is 317 g/mol. The summed E-state index contributed by atoms with van der Waals surface area (Å²) >= 11 is 5.53. The van der Waals surface area contributed by atoms with Crippen LogP contribution in [0.1, 0.15) is 43.2 Å². The van der Waals surface area contributed by atoms with Gasteiger partial charge in [0.2, 0.25) is 0 Å². The van der Waals surface area contributed by atoms with E-state index in [4.69, 9.17) is 11.6 Å². The van der Waals surface area contributed by atoms with E-state index in [9.17, 15) is 10.2 Å². The molecule has 116 valence electrons. The lowest BCUT2D eigenvalue weighted by atomic mass is 9.53. The molecule has 22 heavy (non-hydrogen) atoms. The molecule has 0 aliphatic heterocycles. The van der Waals surface area contributed by atoms with Crippen molar-refractivity contribution in [2.45, 2.75) is 49.5 Å². The van der Waals surface area contributed by atoms with E-state index in [1.165, 1.54) is 11.1 Å². The van der Waals surface area contributed by atoms with E-state index in [0.29, 0.717) is 24.5 Å². The van der Waals surface area contributed by atoms with Gasteiger partial charge >= 0.3 is 0 Å². The molecule has 0 unspecified atom stereocenters. The standard InChI is InChI=1S/C19H21ClO2/c1-2-7-19-9-8-18(22,10-11-20)13-15(19)4-3-14-12-16(21)5-6-17(14)19/h2,5-6,12,15,21-22H,1,3-4,7-9,13H2/t15-,18-,19-/m1/s1. The van der Waals surface area contributed by atoms with Gasteiger partial charge in [0.15, 0.2) is 0 Å². The van der Waals surface area contributed by atoms with Crippen molar-refractivity contribution >= 4 is 11.6 Å². The summed E-state index contributed by atoms with van der Waals surface area (Å²) < 4.78 is 0. The Morgan fingerprint density at radius 1 is 1.41 bits per heavy atom. The van der Waals surface area contributed by atoms with E-state index in [1.807, 2.05) is 12.1 Å². The minimum absolute atomic E-state index is 0.00323. The molecule has 2 aliphatic carbocycles. The quantitative estimate of drug-likeness (QED) is 0.642. The fourth-order valence-corrected chi connectivity index (χ4v) is 4.69. The zero-order valence-corrected chi connectivity index (χ0v) is 13.4. The fourth-order valence-electron chi connectivity index (χ4n) is 4.51. The van der Waals surface area contributed by atoms with Crippen LogP contribution in [0.3, 0.4) is 0 Å². The number of hydrogen-bond donors (Lipinski definition) is 2. The third-order valence-electron chi connectivity index (χ3n) is 5.53. The number of fused-ring (bicyclic) bond motifs is 3. The summed E-state index contributed by atoms with van der Waals surface area (Å²) in [5.74, 6) is 3.48. The van der Waals surface area contributed by atoms with Crippen LogP contribution in [0.4, 0.5) is 0 Å². The van der Waals surface area contributed by atoms with Gasteiger partial charge in [-0.25, -0.2) is 0 Å². The maximum atomic E-state index is 10.7. The van der Waals surface area contributed by atoms with Crippen molar-refractivity contribution in [2.75, 3.05) is 0 Å². The molecular weight excluding hydrogens is 296 g/mol. The lowest BCUT2D eigenvalue weighted by Gasteiger charge is -2.52. The second kappa shape index (κ2) is 5.65. The molecular formula is C19H21ClO2. The first-order chi connectivity index (χ1) is 10.5. The van der Waals surface area contributed by atoms with Crippen molar-refractivity contribution < 1.29 is 10.2 Å². The van der Waals surface area contributed by atoms with Crippen LogP contribution in [0.5, 0.6) is 5.75 Å². The molecule has 3 rings (SSSR count). The molecule has 2 nitrogen and oxygen atoms in total. The van der Waals surface area contributed by atoms with Gasteiger partial charge in [-0.05, 0) is 79.3 Å². The molecule has 1 saturated carbocycles. The molecule has 0 saturated heterocycles. The summed E-state index contributed by atoms with van der Waals surface area (Å²) in [6.45, 7) is 3.94. The van der Waals surface area contributed by atoms with E-state index >= 15 is 0 Å². The third-order valence-corrected chi connectivity index (χ3v) is 5.62. The minimum Gasteiger partial charge on any atom is -0.508 e.